The van der Waals surface area contributed by atoms with Gasteiger partial charge in [-0.3, -0.25) is 0 Å². The van der Waals surface area contributed by atoms with E-state index < -0.39 is 0 Å². The lowest BCUT2D eigenvalue weighted by Gasteiger charge is -2.19. The molecule has 0 N–H and O–H groups in total. The molecule has 0 saturated heterocycles. The van der Waals surface area contributed by atoms with E-state index in [-0.39, 0.29) is 0 Å². The van der Waals surface area contributed by atoms with E-state index in [0.717, 1.165) is 18.2 Å². The third kappa shape index (κ3) is 2.67. The quantitative estimate of drug-likeness (QED) is 0.783. The van der Waals surface area contributed by atoms with Gasteiger partial charge in [0.15, 0.2) is 0 Å². The van der Waals surface area contributed by atoms with Crippen LogP contribution in [0.4, 0.5) is 11.6 Å². The van der Waals surface area contributed by atoms with Crippen LogP contribution in [0.5, 0.6) is 0 Å². The van der Waals surface area contributed by atoms with Crippen molar-refractivity contribution in [3.8, 4) is 0 Å². The minimum atomic E-state index is 1.00. The number of hydrogen-bond acceptors (Lipinski definition) is 2. The Labute approximate surface area is 103 Å². The lowest BCUT2D eigenvalue weighted by molar-refractivity contribution is 0.631. The summed E-state index contributed by atoms with van der Waals surface area (Å²) in [6.45, 7) is 3.24. The van der Waals surface area contributed by atoms with E-state index in [4.69, 9.17) is 0 Å². The average Bonchev–Trinajstić information content (AvgIpc) is 2.84. The molecule has 2 rings (SSSR count). The van der Waals surface area contributed by atoms with Crippen LogP contribution in [-0.2, 0) is 6.54 Å². The number of hydrogen-bond donors (Lipinski definition) is 0. The van der Waals surface area contributed by atoms with Crippen molar-refractivity contribution in [3.05, 3.63) is 42.7 Å². The zero-order valence-corrected chi connectivity index (χ0v) is 10.5. The molecule has 0 fully saturated rings. The second-order valence-corrected chi connectivity index (χ2v) is 4.17. The molecule has 3 nitrogen and oxygen atoms in total. The maximum absolute atomic E-state index is 4.43. The summed E-state index contributed by atoms with van der Waals surface area (Å²) < 4.78 is 2.20. The fourth-order valence-electron chi connectivity index (χ4n) is 1.87. The summed E-state index contributed by atoms with van der Waals surface area (Å²) in [5, 5.41) is 0. The number of aryl methyl sites for hydroxylation is 1. The monoisotopic (exact) mass is 229 g/mol. The topological polar surface area (TPSA) is 21.1 Å². The maximum Gasteiger partial charge on any atom is 0.209 e. The molecule has 1 heterocycles. The van der Waals surface area contributed by atoms with E-state index in [1.807, 2.05) is 30.6 Å². The van der Waals surface area contributed by atoms with Crippen molar-refractivity contribution in [2.75, 3.05) is 11.9 Å². The number of rotatable bonds is 5. The summed E-state index contributed by atoms with van der Waals surface area (Å²) >= 11 is 0. The first kappa shape index (κ1) is 11.7. The van der Waals surface area contributed by atoms with Gasteiger partial charge in [-0.1, -0.05) is 31.5 Å². The van der Waals surface area contributed by atoms with E-state index in [1.165, 1.54) is 12.8 Å². The van der Waals surface area contributed by atoms with Crippen LogP contribution in [0.1, 0.15) is 19.8 Å². The van der Waals surface area contributed by atoms with Crippen LogP contribution in [0.15, 0.2) is 42.7 Å². The summed E-state index contributed by atoms with van der Waals surface area (Å²) in [5.74, 6) is 1.00. The van der Waals surface area contributed by atoms with E-state index in [2.05, 4.69) is 40.6 Å². The van der Waals surface area contributed by atoms with Crippen molar-refractivity contribution in [1.29, 1.82) is 0 Å². The Hall–Kier alpha value is -1.77. The summed E-state index contributed by atoms with van der Waals surface area (Å²) in [6, 6.07) is 10.3. The fraction of sp³-hybridized carbons (Fsp3) is 0.357. The van der Waals surface area contributed by atoms with Gasteiger partial charge >= 0.3 is 0 Å². The van der Waals surface area contributed by atoms with Crippen LogP contribution in [0.3, 0.4) is 0 Å². The highest BCUT2D eigenvalue weighted by atomic mass is 15.3. The second kappa shape index (κ2) is 5.53. The second-order valence-electron chi connectivity index (χ2n) is 4.17. The van der Waals surface area contributed by atoms with Gasteiger partial charge in [0.05, 0.1) is 0 Å². The van der Waals surface area contributed by atoms with Gasteiger partial charge in [0, 0.05) is 31.7 Å². The molecule has 3 heteroatoms. The molecular formula is C14H19N3. The molecular weight excluding hydrogens is 210 g/mol. The van der Waals surface area contributed by atoms with Gasteiger partial charge in [-0.15, -0.1) is 0 Å². The Morgan fingerprint density at radius 2 is 2.00 bits per heavy atom. The van der Waals surface area contributed by atoms with Crippen LogP contribution in [0.2, 0.25) is 0 Å². The molecule has 1 aromatic heterocycles. The highest BCUT2D eigenvalue weighted by Crippen LogP contribution is 2.21. The highest BCUT2D eigenvalue weighted by molar-refractivity contribution is 5.56. The zero-order chi connectivity index (χ0) is 12.1. The van der Waals surface area contributed by atoms with Crippen molar-refractivity contribution in [1.82, 2.24) is 9.55 Å². The average molecular weight is 229 g/mol. The normalized spacial score (nSPS) is 10.5. The Kier molecular flexibility index (Phi) is 3.81. The highest BCUT2D eigenvalue weighted by Gasteiger charge is 2.09. The van der Waals surface area contributed by atoms with Crippen molar-refractivity contribution < 1.29 is 0 Å². The number of para-hydroxylation sites is 1. The van der Waals surface area contributed by atoms with Gasteiger partial charge in [0.2, 0.25) is 5.95 Å². The van der Waals surface area contributed by atoms with Crippen LogP contribution in [-0.4, -0.2) is 16.6 Å². The molecule has 0 saturated carbocycles. The first-order valence-corrected chi connectivity index (χ1v) is 6.13. The number of benzene rings is 1. The van der Waals surface area contributed by atoms with Crippen LogP contribution >= 0.6 is 0 Å². The first-order chi connectivity index (χ1) is 8.33. The van der Waals surface area contributed by atoms with Gasteiger partial charge in [-0.25, -0.2) is 4.98 Å². The third-order valence-electron chi connectivity index (χ3n) is 2.89. The third-order valence-corrected chi connectivity index (χ3v) is 2.89. The Morgan fingerprint density at radius 3 is 2.71 bits per heavy atom. The van der Waals surface area contributed by atoms with Crippen molar-refractivity contribution >= 4 is 11.6 Å². The molecule has 17 heavy (non-hydrogen) atoms. The van der Waals surface area contributed by atoms with E-state index in [9.17, 15) is 0 Å². The Balaban J connectivity index is 2.19. The summed E-state index contributed by atoms with van der Waals surface area (Å²) in [7, 11) is 2.06. The molecule has 1 aromatic carbocycles. The molecule has 0 bridgehead atoms. The predicted molar refractivity (Wildman–Crippen MR) is 71.6 cm³/mol. The zero-order valence-electron chi connectivity index (χ0n) is 10.5. The van der Waals surface area contributed by atoms with E-state index in [0.29, 0.717) is 0 Å². The first-order valence-electron chi connectivity index (χ1n) is 6.13. The van der Waals surface area contributed by atoms with Gasteiger partial charge in [0.1, 0.15) is 0 Å². The fourth-order valence-corrected chi connectivity index (χ4v) is 1.87. The molecule has 0 radical (unpaired) electrons. The molecule has 0 aliphatic heterocycles. The smallest absolute Gasteiger partial charge is 0.209 e. The number of nitrogens with zero attached hydrogens (tertiary/aromatic N) is 3. The number of anilines is 2. The SMILES string of the molecule is CCCCn1ccnc1N(C)c1ccccc1. The molecule has 0 aliphatic rings. The molecule has 2 aromatic rings. The lowest BCUT2D eigenvalue weighted by Crippen LogP contribution is -2.15. The standard InChI is InChI=1S/C14H19N3/c1-3-4-11-17-12-10-15-14(17)16(2)13-8-6-5-7-9-13/h5-10,12H,3-4,11H2,1-2H3. The largest absolute Gasteiger partial charge is 0.317 e. The number of imidazole rings is 1. The van der Waals surface area contributed by atoms with Gasteiger partial charge in [-0.05, 0) is 18.6 Å². The molecule has 0 aliphatic carbocycles. The lowest BCUT2D eigenvalue weighted by atomic mass is 10.3. The van der Waals surface area contributed by atoms with Crippen LogP contribution in [0, 0.1) is 0 Å². The minimum Gasteiger partial charge on any atom is -0.317 e. The Bertz CT molecular complexity index is 448. The maximum atomic E-state index is 4.43. The van der Waals surface area contributed by atoms with Crippen LogP contribution in [0.25, 0.3) is 0 Å². The molecule has 90 valence electrons. The van der Waals surface area contributed by atoms with Crippen molar-refractivity contribution in [2.24, 2.45) is 0 Å². The summed E-state index contributed by atoms with van der Waals surface area (Å²) in [6.07, 6.45) is 6.30. The summed E-state index contributed by atoms with van der Waals surface area (Å²) in [5.41, 5.74) is 1.16. The predicted octanol–water partition coefficient (Wildman–Crippen LogP) is 3.45. The molecule has 0 atom stereocenters. The number of aromatic nitrogens is 2. The van der Waals surface area contributed by atoms with Gasteiger partial charge < -0.3 is 9.47 Å². The molecule has 0 spiro atoms. The minimum absolute atomic E-state index is 1.00. The van der Waals surface area contributed by atoms with Gasteiger partial charge in [-0.2, -0.15) is 0 Å². The molecule has 0 amide bonds. The molecule has 0 unspecified atom stereocenters. The van der Waals surface area contributed by atoms with Gasteiger partial charge in [0.25, 0.3) is 0 Å². The van der Waals surface area contributed by atoms with E-state index >= 15 is 0 Å². The number of unbranched alkanes of at least 4 members (excludes halogenated alkanes) is 1. The van der Waals surface area contributed by atoms with Crippen molar-refractivity contribution in [3.63, 3.8) is 0 Å². The van der Waals surface area contributed by atoms with Crippen LogP contribution < -0.4 is 4.90 Å². The summed E-state index contributed by atoms with van der Waals surface area (Å²) in [4.78, 5) is 6.55. The van der Waals surface area contributed by atoms with Crippen molar-refractivity contribution in [2.45, 2.75) is 26.3 Å². The van der Waals surface area contributed by atoms with E-state index in [1.54, 1.807) is 0 Å². The Morgan fingerprint density at radius 1 is 1.24 bits per heavy atom.